The molecule has 2 atom stereocenters. The molecule has 0 saturated heterocycles. The van der Waals surface area contributed by atoms with Crippen molar-refractivity contribution in [1.82, 2.24) is 10.3 Å². The molecule has 0 saturated carbocycles. The number of rotatable bonds is 2. The van der Waals surface area contributed by atoms with Gasteiger partial charge in [0.15, 0.2) is 0 Å². The molecule has 0 radical (unpaired) electrons. The minimum Gasteiger partial charge on any atom is -0.508 e. The molecular formula is C20H20N2O3. The van der Waals surface area contributed by atoms with E-state index in [-0.39, 0.29) is 17.8 Å². The second-order valence-corrected chi connectivity index (χ2v) is 6.54. The van der Waals surface area contributed by atoms with Crippen LogP contribution in [0.25, 0.3) is 10.9 Å². The number of carbonyl (C=O) groups is 1. The van der Waals surface area contributed by atoms with E-state index in [1.807, 2.05) is 6.07 Å². The molecule has 2 heterocycles. The summed E-state index contributed by atoms with van der Waals surface area (Å²) in [5, 5.41) is 14.4. The molecule has 4 rings (SSSR count). The number of carbonyl (C=O) groups excluding carboxylic acids is 1. The number of aromatic amines is 1. The lowest BCUT2D eigenvalue weighted by molar-refractivity contribution is -0.143. The molecule has 2 aromatic carbocycles. The van der Waals surface area contributed by atoms with Crippen molar-refractivity contribution in [2.75, 3.05) is 7.11 Å². The molecule has 3 N–H and O–H groups in total. The number of hydrogen-bond acceptors (Lipinski definition) is 4. The Bertz CT molecular complexity index is 961. The van der Waals surface area contributed by atoms with Crippen molar-refractivity contribution < 1.29 is 14.6 Å². The lowest BCUT2D eigenvalue weighted by Gasteiger charge is -2.30. The number of methoxy groups -OCH3 is 1. The summed E-state index contributed by atoms with van der Waals surface area (Å²) < 4.78 is 4.96. The summed E-state index contributed by atoms with van der Waals surface area (Å²) in [6.45, 7) is 2.06. The van der Waals surface area contributed by atoms with Crippen LogP contribution < -0.4 is 5.32 Å². The van der Waals surface area contributed by atoms with Gasteiger partial charge in [-0.2, -0.15) is 0 Å². The average Bonchev–Trinajstić information content (AvgIpc) is 2.98. The maximum Gasteiger partial charge on any atom is 0.323 e. The maximum atomic E-state index is 12.2. The van der Waals surface area contributed by atoms with Gasteiger partial charge in [0.1, 0.15) is 11.8 Å². The largest absolute Gasteiger partial charge is 0.508 e. The van der Waals surface area contributed by atoms with E-state index in [2.05, 4.69) is 35.4 Å². The van der Waals surface area contributed by atoms with Crippen molar-refractivity contribution in [3.63, 3.8) is 0 Å². The minimum absolute atomic E-state index is 0.202. The first-order valence-corrected chi connectivity index (χ1v) is 8.30. The van der Waals surface area contributed by atoms with Gasteiger partial charge in [-0.3, -0.25) is 10.1 Å². The third kappa shape index (κ3) is 2.66. The van der Waals surface area contributed by atoms with Crippen LogP contribution in [0.5, 0.6) is 5.75 Å². The first kappa shape index (κ1) is 15.7. The van der Waals surface area contributed by atoms with E-state index in [1.165, 1.54) is 12.7 Å². The molecule has 0 bridgehead atoms. The Balaban J connectivity index is 1.90. The Hall–Kier alpha value is -2.79. The van der Waals surface area contributed by atoms with Gasteiger partial charge in [-0.05, 0) is 42.3 Å². The molecule has 1 aliphatic heterocycles. The van der Waals surface area contributed by atoms with Crippen molar-refractivity contribution >= 4 is 16.9 Å². The summed E-state index contributed by atoms with van der Waals surface area (Å²) in [4.78, 5) is 15.7. The number of aromatic nitrogens is 1. The summed E-state index contributed by atoms with van der Waals surface area (Å²) in [6.07, 6.45) is 0.570. The topological polar surface area (TPSA) is 74.4 Å². The number of fused-ring (bicyclic) bond motifs is 3. The summed E-state index contributed by atoms with van der Waals surface area (Å²) in [6, 6.07) is 12.7. The van der Waals surface area contributed by atoms with Gasteiger partial charge in [-0.25, -0.2) is 0 Å². The standard InChI is InChI=1S/C20H20N2O3/c1-11-6-7-16-14(8-11)15-10-17(20(24)25-2)22-18(19(15)21-16)12-4-3-5-13(23)9-12/h3-9,17-18,21-23H,10H2,1-2H3. The van der Waals surface area contributed by atoms with Crippen LogP contribution in [-0.4, -0.2) is 29.2 Å². The number of phenols is 1. The van der Waals surface area contributed by atoms with Crippen LogP contribution in [0.15, 0.2) is 42.5 Å². The minimum atomic E-state index is -0.427. The smallest absolute Gasteiger partial charge is 0.323 e. The molecule has 0 amide bonds. The maximum absolute atomic E-state index is 12.2. The second-order valence-electron chi connectivity index (χ2n) is 6.54. The zero-order chi connectivity index (χ0) is 17.6. The fourth-order valence-corrected chi connectivity index (χ4v) is 3.66. The Morgan fingerprint density at radius 2 is 2.08 bits per heavy atom. The third-order valence-corrected chi connectivity index (χ3v) is 4.85. The SMILES string of the molecule is COC(=O)C1Cc2c([nH]c3ccc(C)cc23)C(c2cccc(O)c2)N1. The van der Waals surface area contributed by atoms with Gasteiger partial charge in [0.05, 0.1) is 13.2 Å². The predicted octanol–water partition coefficient (Wildman–Crippen LogP) is 2.96. The number of H-pyrrole nitrogens is 1. The molecular weight excluding hydrogens is 316 g/mol. The highest BCUT2D eigenvalue weighted by Crippen LogP contribution is 2.36. The Kier molecular flexibility index (Phi) is 3.73. The Morgan fingerprint density at radius 3 is 2.84 bits per heavy atom. The van der Waals surface area contributed by atoms with Crippen molar-refractivity contribution in [3.8, 4) is 5.75 Å². The van der Waals surface area contributed by atoms with Crippen LogP contribution in [0.3, 0.4) is 0 Å². The Morgan fingerprint density at radius 1 is 1.24 bits per heavy atom. The van der Waals surface area contributed by atoms with Crippen LogP contribution in [0, 0.1) is 6.92 Å². The van der Waals surface area contributed by atoms with Crippen LogP contribution in [-0.2, 0) is 16.0 Å². The summed E-state index contributed by atoms with van der Waals surface area (Å²) in [5.41, 5.74) is 5.29. The van der Waals surface area contributed by atoms with E-state index in [0.717, 1.165) is 27.7 Å². The van der Waals surface area contributed by atoms with E-state index in [9.17, 15) is 9.90 Å². The van der Waals surface area contributed by atoms with Crippen LogP contribution >= 0.6 is 0 Å². The zero-order valence-electron chi connectivity index (χ0n) is 14.2. The molecule has 5 heteroatoms. The number of aryl methyl sites for hydroxylation is 1. The van der Waals surface area contributed by atoms with Gasteiger partial charge in [0.2, 0.25) is 0 Å². The van der Waals surface area contributed by atoms with Crippen molar-refractivity contribution in [3.05, 3.63) is 64.8 Å². The van der Waals surface area contributed by atoms with E-state index in [1.54, 1.807) is 18.2 Å². The van der Waals surface area contributed by atoms with Gasteiger partial charge in [-0.1, -0.05) is 23.8 Å². The fourth-order valence-electron chi connectivity index (χ4n) is 3.66. The molecule has 0 aliphatic carbocycles. The number of phenolic OH excluding ortho intramolecular Hbond substituents is 1. The molecule has 1 aromatic heterocycles. The summed E-state index contributed by atoms with van der Waals surface area (Å²) in [7, 11) is 1.41. The van der Waals surface area contributed by atoms with Gasteiger partial charge in [0, 0.05) is 23.0 Å². The fraction of sp³-hybridized carbons (Fsp3) is 0.250. The van der Waals surface area contributed by atoms with E-state index >= 15 is 0 Å². The van der Waals surface area contributed by atoms with Crippen molar-refractivity contribution in [2.45, 2.75) is 25.4 Å². The molecule has 2 unspecified atom stereocenters. The highest BCUT2D eigenvalue weighted by Gasteiger charge is 2.34. The number of aromatic hydroxyl groups is 1. The highest BCUT2D eigenvalue weighted by molar-refractivity contribution is 5.88. The van der Waals surface area contributed by atoms with E-state index < -0.39 is 6.04 Å². The molecule has 3 aromatic rings. The summed E-state index contributed by atoms with van der Waals surface area (Å²) in [5.74, 6) is -0.0780. The van der Waals surface area contributed by atoms with Crippen molar-refractivity contribution in [1.29, 1.82) is 0 Å². The molecule has 25 heavy (non-hydrogen) atoms. The highest BCUT2D eigenvalue weighted by atomic mass is 16.5. The molecule has 1 aliphatic rings. The number of benzene rings is 2. The van der Waals surface area contributed by atoms with Crippen LogP contribution in [0.2, 0.25) is 0 Å². The first-order chi connectivity index (χ1) is 12.1. The van der Waals surface area contributed by atoms with Gasteiger partial charge in [-0.15, -0.1) is 0 Å². The summed E-state index contributed by atoms with van der Waals surface area (Å²) >= 11 is 0. The number of ether oxygens (including phenoxy) is 1. The second kappa shape index (κ2) is 5.93. The predicted molar refractivity (Wildman–Crippen MR) is 95.6 cm³/mol. The molecule has 0 fully saturated rings. The quantitative estimate of drug-likeness (QED) is 0.629. The van der Waals surface area contributed by atoms with Gasteiger partial charge < -0.3 is 14.8 Å². The van der Waals surface area contributed by atoms with Crippen LogP contribution in [0.1, 0.15) is 28.4 Å². The van der Waals surface area contributed by atoms with Crippen LogP contribution in [0.4, 0.5) is 0 Å². The van der Waals surface area contributed by atoms with Crippen molar-refractivity contribution in [2.24, 2.45) is 0 Å². The average molecular weight is 336 g/mol. The lowest BCUT2D eigenvalue weighted by Crippen LogP contribution is -2.45. The molecule has 0 spiro atoms. The number of esters is 1. The van der Waals surface area contributed by atoms with Gasteiger partial charge >= 0.3 is 5.97 Å². The van der Waals surface area contributed by atoms with E-state index in [4.69, 9.17) is 4.74 Å². The number of hydrogen-bond donors (Lipinski definition) is 3. The monoisotopic (exact) mass is 336 g/mol. The lowest BCUT2D eigenvalue weighted by atomic mass is 9.90. The van der Waals surface area contributed by atoms with Gasteiger partial charge in [0.25, 0.3) is 0 Å². The molecule has 5 nitrogen and oxygen atoms in total. The molecule has 128 valence electrons. The zero-order valence-corrected chi connectivity index (χ0v) is 14.2. The van der Waals surface area contributed by atoms with E-state index in [0.29, 0.717) is 6.42 Å². The third-order valence-electron chi connectivity index (χ3n) is 4.85. The Labute approximate surface area is 145 Å². The number of nitrogens with one attached hydrogen (secondary N) is 2. The first-order valence-electron chi connectivity index (χ1n) is 8.30. The normalized spacial score (nSPS) is 19.6.